The molecule has 0 spiro atoms. The lowest BCUT2D eigenvalue weighted by Crippen LogP contribution is -2.41. The lowest BCUT2D eigenvalue weighted by atomic mass is 10.1. The standard InChI is InChI=1S/C17H27N5O3/c1-25-10-8-18-16(23)15-12-21(20-19-15)11-14-7-4-9-22(14)17(24)13-5-2-3-6-13/h12-14H,2-11H2,1H3,(H,18,23). The van der Waals surface area contributed by atoms with Crippen LogP contribution in [0.5, 0.6) is 0 Å². The van der Waals surface area contributed by atoms with Crippen LogP contribution in [0.1, 0.15) is 49.0 Å². The summed E-state index contributed by atoms with van der Waals surface area (Å²) in [5, 5.41) is 10.7. The van der Waals surface area contributed by atoms with Crippen LogP contribution in [0, 0.1) is 5.92 Å². The van der Waals surface area contributed by atoms with Gasteiger partial charge in [0.1, 0.15) is 0 Å². The molecule has 3 rings (SSSR count). The zero-order valence-corrected chi connectivity index (χ0v) is 14.8. The number of likely N-dealkylation sites (tertiary alicyclic amines) is 1. The van der Waals surface area contributed by atoms with Crippen LogP contribution < -0.4 is 5.32 Å². The van der Waals surface area contributed by atoms with E-state index in [1.54, 1.807) is 18.0 Å². The predicted octanol–water partition coefficient (Wildman–Crippen LogP) is 0.835. The molecule has 2 heterocycles. The molecule has 25 heavy (non-hydrogen) atoms. The number of aromatic nitrogens is 3. The van der Waals surface area contributed by atoms with Crippen LogP contribution in [0.3, 0.4) is 0 Å². The van der Waals surface area contributed by atoms with Gasteiger partial charge >= 0.3 is 0 Å². The van der Waals surface area contributed by atoms with Crippen LogP contribution in [0.25, 0.3) is 0 Å². The van der Waals surface area contributed by atoms with Gasteiger partial charge in [0.15, 0.2) is 5.69 Å². The number of hydrogen-bond donors (Lipinski definition) is 1. The molecule has 1 saturated carbocycles. The Bertz CT molecular complexity index is 597. The molecule has 0 bridgehead atoms. The fraction of sp³-hybridized carbons (Fsp3) is 0.765. The van der Waals surface area contributed by atoms with Gasteiger partial charge in [-0.3, -0.25) is 9.59 Å². The van der Waals surface area contributed by atoms with E-state index >= 15 is 0 Å². The molecule has 1 unspecified atom stereocenters. The van der Waals surface area contributed by atoms with Crippen LogP contribution in [0.15, 0.2) is 6.20 Å². The van der Waals surface area contributed by atoms with E-state index < -0.39 is 0 Å². The summed E-state index contributed by atoms with van der Waals surface area (Å²) in [6, 6.07) is 0.152. The van der Waals surface area contributed by atoms with Gasteiger partial charge in [0.2, 0.25) is 5.91 Å². The van der Waals surface area contributed by atoms with Crippen molar-refractivity contribution >= 4 is 11.8 Å². The first kappa shape index (κ1) is 17.8. The maximum Gasteiger partial charge on any atom is 0.273 e. The number of methoxy groups -OCH3 is 1. The molecule has 1 N–H and O–H groups in total. The van der Waals surface area contributed by atoms with Crippen LogP contribution in [0.2, 0.25) is 0 Å². The second-order valence-electron chi connectivity index (χ2n) is 6.88. The topological polar surface area (TPSA) is 89.4 Å². The second-order valence-corrected chi connectivity index (χ2v) is 6.88. The quantitative estimate of drug-likeness (QED) is 0.737. The van der Waals surface area contributed by atoms with Gasteiger partial charge in [0, 0.05) is 26.1 Å². The van der Waals surface area contributed by atoms with Gasteiger partial charge in [-0.2, -0.15) is 0 Å². The van der Waals surface area contributed by atoms with Gasteiger partial charge in [-0.15, -0.1) is 5.10 Å². The highest BCUT2D eigenvalue weighted by atomic mass is 16.5. The van der Waals surface area contributed by atoms with Crippen LogP contribution in [0.4, 0.5) is 0 Å². The Balaban J connectivity index is 1.56. The fourth-order valence-electron chi connectivity index (χ4n) is 3.79. The minimum absolute atomic E-state index is 0.152. The summed E-state index contributed by atoms with van der Waals surface area (Å²) in [5.74, 6) is 0.254. The van der Waals surface area contributed by atoms with E-state index in [0.29, 0.717) is 31.3 Å². The van der Waals surface area contributed by atoms with E-state index in [4.69, 9.17) is 4.74 Å². The minimum Gasteiger partial charge on any atom is -0.383 e. The molecule has 8 nitrogen and oxygen atoms in total. The number of rotatable bonds is 7. The normalized spacial score (nSPS) is 21.0. The van der Waals surface area contributed by atoms with Crippen molar-refractivity contribution in [3.63, 3.8) is 0 Å². The molecule has 8 heteroatoms. The van der Waals surface area contributed by atoms with E-state index in [1.807, 2.05) is 4.90 Å². The van der Waals surface area contributed by atoms with Gasteiger partial charge in [0.25, 0.3) is 5.91 Å². The number of ether oxygens (including phenoxy) is 1. The lowest BCUT2D eigenvalue weighted by molar-refractivity contribution is -0.136. The first-order chi connectivity index (χ1) is 12.2. The zero-order chi connectivity index (χ0) is 17.6. The van der Waals surface area contributed by atoms with Crippen LogP contribution in [-0.2, 0) is 16.1 Å². The van der Waals surface area contributed by atoms with E-state index in [0.717, 1.165) is 32.2 Å². The molecular formula is C17H27N5O3. The second kappa shape index (κ2) is 8.42. The maximum absolute atomic E-state index is 12.7. The van der Waals surface area contributed by atoms with Crippen molar-refractivity contribution in [2.45, 2.75) is 51.1 Å². The minimum atomic E-state index is -0.256. The van der Waals surface area contributed by atoms with Gasteiger partial charge < -0.3 is 15.0 Å². The molecule has 0 radical (unpaired) electrons. The molecule has 1 atom stereocenters. The van der Waals surface area contributed by atoms with Gasteiger partial charge in [-0.05, 0) is 25.7 Å². The third kappa shape index (κ3) is 4.36. The summed E-state index contributed by atoms with van der Waals surface area (Å²) >= 11 is 0. The molecule has 138 valence electrons. The third-order valence-corrected chi connectivity index (χ3v) is 5.13. The fourth-order valence-corrected chi connectivity index (χ4v) is 3.79. The van der Waals surface area contributed by atoms with Crippen molar-refractivity contribution in [3.05, 3.63) is 11.9 Å². The highest BCUT2D eigenvalue weighted by Crippen LogP contribution is 2.30. The van der Waals surface area contributed by atoms with Gasteiger partial charge in [-0.1, -0.05) is 18.1 Å². The number of nitrogens with zero attached hydrogens (tertiary/aromatic N) is 4. The molecule has 2 amide bonds. The Morgan fingerprint density at radius 1 is 1.28 bits per heavy atom. The van der Waals surface area contributed by atoms with Crippen molar-refractivity contribution in [2.75, 3.05) is 26.8 Å². The highest BCUT2D eigenvalue weighted by molar-refractivity contribution is 5.91. The summed E-state index contributed by atoms with van der Waals surface area (Å²) in [5.41, 5.74) is 0.294. The predicted molar refractivity (Wildman–Crippen MR) is 90.9 cm³/mol. The van der Waals surface area contributed by atoms with Gasteiger partial charge in [0.05, 0.1) is 25.4 Å². The van der Waals surface area contributed by atoms with Crippen molar-refractivity contribution < 1.29 is 14.3 Å². The van der Waals surface area contributed by atoms with Gasteiger partial charge in [-0.25, -0.2) is 4.68 Å². The van der Waals surface area contributed by atoms with E-state index in [9.17, 15) is 9.59 Å². The van der Waals surface area contributed by atoms with Crippen LogP contribution >= 0.6 is 0 Å². The smallest absolute Gasteiger partial charge is 0.273 e. The Labute approximate surface area is 147 Å². The largest absolute Gasteiger partial charge is 0.383 e. The van der Waals surface area contributed by atoms with Crippen molar-refractivity contribution in [1.82, 2.24) is 25.2 Å². The first-order valence-corrected chi connectivity index (χ1v) is 9.17. The lowest BCUT2D eigenvalue weighted by Gasteiger charge is -2.27. The number of carbonyl (C=O) groups is 2. The monoisotopic (exact) mass is 349 g/mol. The number of carbonyl (C=O) groups excluding carboxylic acids is 2. The van der Waals surface area contributed by atoms with E-state index in [1.165, 1.54) is 12.8 Å². The van der Waals surface area contributed by atoms with E-state index in [2.05, 4.69) is 15.6 Å². The zero-order valence-electron chi connectivity index (χ0n) is 14.8. The number of amides is 2. The molecule has 1 aliphatic heterocycles. The molecule has 0 aromatic carbocycles. The average Bonchev–Trinajstić information content (AvgIpc) is 3.36. The molecular weight excluding hydrogens is 322 g/mol. The molecule has 2 fully saturated rings. The maximum atomic E-state index is 12.7. The average molecular weight is 349 g/mol. The summed E-state index contributed by atoms with van der Waals surface area (Å²) in [6.45, 7) is 2.32. The SMILES string of the molecule is COCCNC(=O)c1cn(CC2CCCN2C(=O)C2CCCC2)nn1. The first-order valence-electron chi connectivity index (χ1n) is 9.17. The third-order valence-electron chi connectivity index (χ3n) is 5.13. The summed E-state index contributed by atoms with van der Waals surface area (Å²) in [7, 11) is 1.59. The number of hydrogen-bond acceptors (Lipinski definition) is 5. The van der Waals surface area contributed by atoms with Crippen molar-refractivity contribution in [3.8, 4) is 0 Å². The molecule has 1 aromatic rings. The Morgan fingerprint density at radius 3 is 2.84 bits per heavy atom. The van der Waals surface area contributed by atoms with Crippen molar-refractivity contribution in [1.29, 1.82) is 0 Å². The molecule has 2 aliphatic rings. The van der Waals surface area contributed by atoms with Crippen LogP contribution in [-0.4, -0.2) is 64.6 Å². The molecule has 1 saturated heterocycles. The highest BCUT2D eigenvalue weighted by Gasteiger charge is 2.34. The summed E-state index contributed by atoms with van der Waals surface area (Å²) in [6.07, 6.45) is 8.04. The number of nitrogens with one attached hydrogen (secondary N) is 1. The summed E-state index contributed by atoms with van der Waals surface area (Å²) < 4.78 is 6.58. The van der Waals surface area contributed by atoms with E-state index in [-0.39, 0.29) is 17.9 Å². The Kier molecular flexibility index (Phi) is 6.01. The Hall–Kier alpha value is -1.96. The van der Waals surface area contributed by atoms with Crippen molar-refractivity contribution in [2.24, 2.45) is 5.92 Å². The molecule has 1 aromatic heterocycles. The molecule has 1 aliphatic carbocycles. The summed E-state index contributed by atoms with van der Waals surface area (Å²) in [4.78, 5) is 26.7. The Morgan fingerprint density at radius 2 is 2.08 bits per heavy atom.